The number of nitrogens with zero attached hydrogens (tertiary/aromatic N) is 3. The first-order valence-corrected chi connectivity index (χ1v) is 8.97. The molecule has 0 aliphatic carbocycles. The maximum absolute atomic E-state index is 13.0. The summed E-state index contributed by atoms with van der Waals surface area (Å²) >= 11 is 0. The topological polar surface area (TPSA) is 58.4 Å². The Morgan fingerprint density at radius 2 is 1.96 bits per heavy atom. The predicted octanol–water partition coefficient (Wildman–Crippen LogP) is 3.04. The largest absolute Gasteiger partial charge is 0.395 e. The Kier molecular flexibility index (Phi) is 6.76. The molecular weight excluding hydrogens is 314 g/mol. The van der Waals surface area contributed by atoms with Gasteiger partial charge in [0.2, 0.25) is 0 Å². The van der Waals surface area contributed by atoms with E-state index in [1.54, 1.807) is 9.58 Å². The maximum atomic E-state index is 13.0. The number of benzene rings is 1. The van der Waals surface area contributed by atoms with E-state index < -0.39 is 0 Å². The molecule has 1 amide bonds. The molecule has 0 fully saturated rings. The minimum Gasteiger partial charge on any atom is -0.395 e. The first-order valence-electron chi connectivity index (χ1n) is 8.97. The number of hydrogen-bond acceptors (Lipinski definition) is 3. The van der Waals surface area contributed by atoms with Crippen LogP contribution in [0.3, 0.4) is 0 Å². The third kappa shape index (κ3) is 5.16. The third-order valence-electron chi connectivity index (χ3n) is 4.12. The molecule has 0 bridgehead atoms. The van der Waals surface area contributed by atoms with Gasteiger partial charge in [0.15, 0.2) is 0 Å². The summed E-state index contributed by atoms with van der Waals surface area (Å²) in [6.45, 7) is 9.68. The van der Waals surface area contributed by atoms with E-state index in [9.17, 15) is 9.90 Å². The number of rotatable bonds is 8. The van der Waals surface area contributed by atoms with Gasteiger partial charge in [0, 0.05) is 19.6 Å². The third-order valence-corrected chi connectivity index (χ3v) is 4.12. The Hall–Kier alpha value is -2.14. The zero-order chi connectivity index (χ0) is 18.4. The fourth-order valence-corrected chi connectivity index (χ4v) is 2.85. The second-order valence-electron chi connectivity index (χ2n) is 6.87. The molecule has 2 aromatic rings. The number of aromatic nitrogens is 2. The molecule has 0 saturated heterocycles. The molecule has 0 aliphatic rings. The fraction of sp³-hybridized carbons (Fsp3) is 0.500. The SMILES string of the molecule is CCn1nc(CC(C)C)cc1C(=O)N(CCO)Cc1ccc(C)cc1. The Morgan fingerprint density at radius 1 is 1.28 bits per heavy atom. The van der Waals surface area contributed by atoms with E-state index in [4.69, 9.17) is 0 Å². The van der Waals surface area contributed by atoms with Gasteiger partial charge < -0.3 is 10.0 Å². The molecule has 1 heterocycles. The van der Waals surface area contributed by atoms with E-state index in [0.717, 1.165) is 17.7 Å². The van der Waals surface area contributed by atoms with E-state index >= 15 is 0 Å². The van der Waals surface area contributed by atoms with Crippen molar-refractivity contribution in [1.29, 1.82) is 0 Å². The molecule has 1 aromatic heterocycles. The highest BCUT2D eigenvalue weighted by molar-refractivity contribution is 5.92. The molecule has 136 valence electrons. The van der Waals surface area contributed by atoms with Crippen LogP contribution in [0.15, 0.2) is 30.3 Å². The maximum Gasteiger partial charge on any atom is 0.272 e. The van der Waals surface area contributed by atoms with Crippen molar-refractivity contribution in [3.8, 4) is 0 Å². The van der Waals surface area contributed by atoms with Crippen molar-refractivity contribution in [2.75, 3.05) is 13.2 Å². The summed E-state index contributed by atoms with van der Waals surface area (Å²) < 4.78 is 1.76. The first-order chi connectivity index (χ1) is 11.9. The van der Waals surface area contributed by atoms with Crippen molar-refractivity contribution in [3.05, 3.63) is 52.8 Å². The summed E-state index contributed by atoms with van der Waals surface area (Å²) in [5.41, 5.74) is 3.78. The van der Waals surface area contributed by atoms with Crippen LogP contribution in [0.1, 0.15) is 48.1 Å². The summed E-state index contributed by atoms with van der Waals surface area (Å²) in [4.78, 5) is 14.7. The van der Waals surface area contributed by atoms with Crippen molar-refractivity contribution < 1.29 is 9.90 Å². The van der Waals surface area contributed by atoms with Crippen molar-refractivity contribution in [1.82, 2.24) is 14.7 Å². The van der Waals surface area contributed by atoms with E-state index in [2.05, 4.69) is 18.9 Å². The van der Waals surface area contributed by atoms with Crippen LogP contribution in [0.4, 0.5) is 0 Å². The van der Waals surface area contributed by atoms with Crippen LogP contribution in [-0.4, -0.2) is 38.8 Å². The number of aliphatic hydroxyl groups is 1. The summed E-state index contributed by atoms with van der Waals surface area (Å²) in [7, 11) is 0. The molecule has 0 aliphatic heterocycles. The first kappa shape index (κ1) is 19.2. The van der Waals surface area contributed by atoms with Gasteiger partial charge in [0.05, 0.1) is 12.3 Å². The van der Waals surface area contributed by atoms with Gasteiger partial charge >= 0.3 is 0 Å². The fourth-order valence-electron chi connectivity index (χ4n) is 2.85. The lowest BCUT2D eigenvalue weighted by Gasteiger charge is -2.22. The Balaban J connectivity index is 2.24. The highest BCUT2D eigenvalue weighted by atomic mass is 16.3. The lowest BCUT2D eigenvalue weighted by atomic mass is 10.1. The average molecular weight is 343 g/mol. The van der Waals surface area contributed by atoms with Crippen LogP contribution in [0.2, 0.25) is 0 Å². The number of amides is 1. The second kappa shape index (κ2) is 8.81. The smallest absolute Gasteiger partial charge is 0.272 e. The molecule has 1 N–H and O–H groups in total. The molecule has 0 radical (unpaired) electrons. The van der Waals surface area contributed by atoms with Gasteiger partial charge in [-0.25, -0.2) is 0 Å². The lowest BCUT2D eigenvalue weighted by Crippen LogP contribution is -2.34. The highest BCUT2D eigenvalue weighted by Crippen LogP contribution is 2.15. The summed E-state index contributed by atoms with van der Waals surface area (Å²) in [6, 6.07) is 10.0. The molecule has 0 spiro atoms. The van der Waals surface area contributed by atoms with Gasteiger partial charge in [-0.2, -0.15) is 5.10 Å². The van der Waals surface area contributed by atoms with Gasteiger partial charge in [0.25, 0.3) is 5.91 Å². The van der Waals surface area contributed by atoms with E-state index in [1.807, 2.05) is 44.2 Å². The monoisotopic (exact) mass is 343 g/mol. The molecule has 0 atom stereocenters. The molecule has 25 heavy (non-hydrogen) atoms. The zero-order valence-corrected chi connectivity index (χ0v) is 15.7. The van der Waals surface area contributed by atoms with Gasteiger partial charge in [0.1, 0.15) is 5.69 Å². The van der Waals surface area contributed by atoms with E-state index in [0.29, 0.717) is 31.2 Å². The Bertz CT molecular complexity index is 689. The van der Waals surface area contributed by atoms with Crippen molar-refractivity contribution in [2.24, 2.45) is 5.92 Å². The minimum atomic E-state index is -0.0843. The van der Waals surface area contributed by atoms with Gasteiger partial charge in [-0.1, -0.05) is 43.7 Å². The average Bonchev–Trinajstić information content (AvgIpc) is 2.97. The lowest BCUT2D eigenvalue weighted by molar-refractivity contribution is 0.0695. The van der Waals surface area contributed by atoms with Crippen LogP contribution >= 0.6 is 0 Å². The van der Waals surface area contributed by atoms with Crippen LogP contribution < -0.4 is 0 Å². The second-order valence-corrected chi connectivity index (χ2v) is 6.87. The molecular formula is C20H29N3O2. The Morgan fingerprint density at radius 3 is 2.52 bits per heavy atom. The summed E-state index contributed by atoms with van der Waals surface area (Å²) in [5, 5.41) is 13.9. The number of hydrogen-bond donors (Lipinski definition) is 1. The summed E-state index contributed by atoms with van der Waals surface area (Å²) in [5.74, 6) is 0.406. The quantitative estimate of drug-likeness (QED) is 0.801. The van der Waals surface area contributed by atoms with Gasteiger partial charge in [-0.3, -0.25) is 9.48 Å². The molecule has 0 unspecified atom stereocenters. The molecule has 2 rings (SSSR count). The van der Waals surface area contributed by atoms with Crippen molar-refractivity contribution in [3.63, 3.8) is 0 Å². The zero-order valence-electron chi connectivity index (χ0n) is 15.7. The number of aliphatic hydroxyl groups excluding tert-OH is 1. The predicted molar refractivity (Wildman–Crippen MR) is 99.4 cm³/mol. The summed E-state index contributed by atoms with van der Waals surface area (Å²) in [6.07, 6.45) is 0.852. The van der Waals surface area contributed by atoms with Crippen LogP contribution in [-0.2, 0) is 19.5 Å². The van der Waals surface area contributed by atoms with Crippen molar-refractivity contribution >= 4 is 5.91 Å². The Labute approximate surface area is 150 Å². The molecule has 0 saturated carbocycles. The van der Waals surface area contributed by atoms with Crippen LogP contribution in [0.25, 0.3) is 0 Å². The number of aryl methyl sites for hydroxylation is 2. The van der Waals surface area contributed by atoms with Gasteiger partial charge in [-0.05, 0) is 37.8 Å². The highest BCUT2D eigenvalue weighted by Gasteiger charge is 2.21. The van der Waals surface area contributed by atoms with Crippen LogP contribution in [0.5, 0.6) is 0 Å². The van der Waals surface area contributed by atoms with E-state index in [1.165, 1.54) is 5.56 Å². The normalized spacial score (nSPS) is 11.1. The standard InChI is InChI=1S/C20H29N3O2/c1-5-23-19(13-18(21-23)12-15(2)3)20(25)22(10-11-24)14-17-8-6-16(4)7-9-17/h6-9,13,15,24H,5,10-12,14H2,1-4H3. The molecule has 5 nitrogen and oxygen atoms in total. The van der Waals surface area contributed by atoms with Gasteiger partial charge in [-0.15, -0.1) is 0 Å². The number of carbonyl (C=O) groups excluding carboxylic acids is 1. The minimum absolute atomic E-state index is 0.0588. The van der Waals surface area contributed by atoms with E-state index in [-0.39, 0.29) is 12.5 Å². The molecule has 1 aromatic carbocycles. The number of carbonyl (C=O) groups is 1. The molecule has 5 heteroatoms. The van der Waals surface area contributed by atoms with Crippen LogP contribution in [0, 0.1) is 12.8 Å². The van der Waals surface area contributed by atoms with Crippen molar-refractivity contribution in [2.45, 2.75) is 47.2 Å².